The fourth-order valence-electron chi connectivity index (χ4n) is 2.49. The minimum absolute atomic E-state index is 0.333. The van der Waals surface area contributed by atoms with Crippen LogP contribution in [-0.2, 0) is 4.74 Å². The van der Waals surface area contributed by atoms with Crippen molar-refractivity contribution in [2.24, 2.45) is 0 Å². The molecule has 0 spiro atoms. The molecule has 1 saturated heterocycles. The predicted molar refractivity (Wildman–Crippen MR) is 78.6 cm³/mol. The zero-order valence-electron chi connectivity index (χ0n) is 12.7. The fourth-order valence-corrected chi connectivity index (χ4v) is 2.49. The Kier molecular flexibility index (Phi) is 5.70. The van der Waals surface area contributed by atoms with Crippen LogP contribution in [0.1, 0.15) is 12.8 Å². The fraction of sp³-hybridized carbons (Fsp3) is 0.533. The molecular weight excluding hydrogens is 313 g/mol. The van der Waals surface area contributed by atoms with Crippen LogP contribution in [0, 0.1) is 0 Å². The van der Waals surface area contributed by atoms with E-state index < -0.39 is 24.8 Å². The molecule has 0 bridgehead atoms. The van der Waals surface area contributed by atoms with Gasteiger partial charge in [-0.15, -0.1) is 0 Å². The maximum absolute atomic E-state index is 12.8. The SMILES string of the molecule is COc1ccccc1NC(=O)N(CC(F)(F)F)C1CCOCC1. The lowest BCUT2D eigenvalue weighted by molar-refractivity contribution is -0.146. The lowest BCUT2D eigenvalue weighted by Crippen LogP contribution is -2.49. The third kappa shape index (κ3) is 5.02. The first kappa shape index (κ1) is 17.4. The first-order valence-corrected chi connectivity index (χ1v) is 7.26. The summed E-state index contributed by atoms with van der Waals surface area (Å²) < 4.78 is 48.7. The van der Waals surface area contributed by atoms with Gasteiger partial charge in [0.05, 0.1) is 12.8 Å². The van der Waals surface area contributed by atoms with Crippen LogP contribution < -0.4 is 10.1 Å². The second kappa shape index (κ2) is 7.54. The molecule has 1 heterocycles. The third-order valence-electron chi connectivity index (χ3n) is 3.59. The number of amides is 2. The van der Waals surface area contributed by atoms with Crippen LogP contribution in [0.4, 0.5) is 23.7 Å². The molecule has 1 aliphatic rings. The van der Waals surface area contributed by atoms with Gasteiger partial charge in [-0.3, -0.25) is 0 Å². The number of hydrogen-bond donors (Lipinski definition) is 1. The molecule has 128 valence electrons. The van der Waals surface area contributed by atoms with Crippen molar-refractivity contribution in [2.75, 3.05) is 32.2 Å². The van der Waals surface area contributed by atoms with Crippen LogP contribution in [0.3, 0.4) is 0 Å². The number of hydrogen-bond acceptors (Lipinski definition) is 3. The number of benzene rings is 1. The number of halogens is 3. The minimum atomic E-state index is -4.46. The van der Waals surface area contributed by atoms with Crippen LogP contribution in [0.15, 0.2) is 24.3 Å². The minimum Gasteiger partial charge on any atom is -0.495 e. The van der Waals surface area contributed by atoms with Gasteiger partial charge in [-0.2, -0.15) is 13.2 Å². The Hall–Kier alpha value is -1.96. The monoisotopic (exact) mass is 332 g/mol. The first-order valence-electron chi connectivity index (χ1n) is 7.26. The van der Waals surface area contributed by atoms with Crippen LogP contribution in [0.5, 0.6) is 5.75 Å². The van der Waals surface area contributed by atoms with E-state index in [9.17, 15) is 18.0 Å². The molecule has 1 N–H and O–H groups in total. The molecule has 1 aromatic rings. The van der Waals surface area contributed by atoms with Crippen molar-refractivity contribution in [1.29, 1.82) is 0 Å². The van der Waals surface area contributed by atoms with Crippen molar-refractivity contribution < 1.29 is 27.4 Å². The van der Waals surface area contributed by atoms with Crippen molar-refractivity contribution in [3.8, 4) is 5.75 Å². The number of carbonyl (C=O) groups is 1. The number of carbonyl (C=O) groups excluding carboxylic acids is 1. The summed E-state index contributed by atoms with van der Waals surface area (Å²) in [5.41, 5.74) is 0.333. The average molecular weight is 332 g/mol. The Bertz CT molecular complexity index is 531. The van der Waals surface area contributed by atoms with E-state index in [2.05, 4.69) is 5.32 Å². The number of anilines is 1. The van der Waals surface area contributed by atoms with Gasteiger partial charge in [0.15, 0.2) is 0 Å². The molecule has 1 fully saturated rings. The zero-order valence-corrected chi connectivity index (χ0v) is 12.7. The summed E-state index contributed by atoms with van der Waals surface area (Å²) in [5.74, 6) is 0.389. The van der Waals surface area contributed by atoms with Gasteiger partial charge in [-0.05, 0) is 25.0 Å². The van der Waals surface area contributed by atoms with Crippen LogP contribution in [0.25, 0.3) is 0 Å². The van der Waals surface area contributed by atoms with Gasteiger partial charge in [-0.25, -0.2) is 4.79 Å². The summed E-state index contributed by atoms with van der Waals surface area (Å²) in [4.78, 5) is 13.2. The van der Waals surface area contributed by atoms with Crippen molar-refractivity contribution in [3.05, 3.63) is 24.3 Å². The summed E-state index contributed by atoms with van der Waals surface area (Å²) in [6.45, 7) is -0.597. The van der Waals surface area contributed by atoms with E-state index in [0.29, 0.717) is 37.5 Å². The summed E-state index contributed by atoms with van der Waals surface area (Å²) in [7, 11) is 1.43. The molecule has 8 heteroatoms. The van der Waals surface area contributed by atoms with Gasteiger partial charge >= 0.3 is 12.2 Å². The number of methoxy groups -OCH3 is 1. The van der Waals surface area contributed by atoms with E-state index in [1.165, 1.54) is 7.11 Å². The molecule has 5 nitrogen and oxygen atoms in total. The van der Waals surface area contributed by atoms with E-state index in [0.717, 1.165) is 4.90 Å². The van der Waals surface area contributed by atoms with Crippen LogP contribution in [-0.4, -0.2) is 50.0 Å². The summed E-state index contributed by atoms with van der Waals surface area (Å²) in [6.07, 6.45) is -3.69. The number of urea groups is 1. The predicted octanol–water partition coefficient (Wildman–Crippen LogP) is 3.27. The van der Waals surface area contributed by atoms with Crippen molar-refractivity contribution >= 4 is 11.7 Å². The molecule has 0 unspecified atom stereocenters. The van der Waals surface area contributed by atoms with Crippen molar-refractivity contribution in [2.45, 2.75) is 25.1 Å². The lowest BCUT2D eigenvalue weighted by Gasteiger charge is -2.34. The molecule has 1 aliphatic heterocycles. The molecule has 0 aromatic heterocycles. The highest BCUT2D eigenvalue weighted by molar-refractivity contribution is 5.91. The summed E-state index contributed by atoms with van der Waals surface area (Å²) in [6, 6.07) is 5.28. The maximum atomic E-state index is 12.8. The number of nitrogens with zero attached hydrogens (tertiary/aromatic N) is 1. The Morgan fingerprint density at radius 1 is 1.35 bits per heavy atom. The average Bonchev–Trinajstić information content (AvgIpc) is 2.53. The van der Waals surface area contributed by atoms with Crippen molar-refractivity contribution in [3.63, 3.8) is 0 Å². The maximum Gasteiger partial charge on any atom is 0.406 e. The second-order valence-electron chi connectivity index (χ2n) is 5.22. The van der Waals surface area contributed by atoms with Crippen molar-refractivity contribution in [1.82, 2.24) is 4.90 Å². The molecular formula is C15H19F3N2O3. The number of ether oxygens (including phenoxy) is 2. The summed E-state index contributed by atoms with van der Waals surface area (Å²) in [5, 5.41) is 2.50. The Morgan fingerprint density at radius 2 is 2.00 bits per heavy atom. The number of para-hydroxylation sites is 2. The lowest BCUT2D eigenvalue weighted by atomic mass is 10.1. The van der Waals surface area contributed by atoms with Gasteiger partial charge in [0, 0.05) is 19.3 Å². The molecule has 2 rings (SSSR count). The smallest absolute Gasteiger partial charge is 0.406 e. The van der Waals surface area contributed by atoms with Crippen LogP contribution >= 0.6 is 0 Å². The molecule has 23 heavy (non-hydrogen) atoms. The molecule has 1 aromatic carbocycles. The van der Waals surface area contributed by atoms with E-state index in [1.54, 1.807) is 24.3 Å². The third-order valence-corrected chi connectivity index (χ3v) is 3.59. The highest BCUT2D eigenvalue weighted by atomic mass is 19.4. The topological polar surface area (TPSA) is 50.8 Å². The highest BCUT2D eigenvalue weighted by Crippen LogP contribution is 2.26. The second-order valence-corrected chi connectivity index (χ2v) is 5.22. The van der Waals surface area contributed by atoms with E-state index in [4.69, 9.17) is 9.47 Å². The Labute approximate surface area is 132 Å². The van der Waals surface area contributed by atoms with E-state index in [-0.39, 0.29) is 0 Å². The molecule has 0 radical (unpaired) electrons. The van der Waals surface area contributed by atoms with Gasteiger partial charge < -0.3 is 19.7 Å². The largest absolute Gasteiger partial charge is 0.495 e. The molecule has 0 saturated carbocycles. The Morgan fingerprint density at radius 3 is 2.61 bits per heavy atom. The number of nitrogens with one attached hydrogen (secondary N) is 1. The normalized spacial score (nSPS) is 16.0. The number of alkyl halides is 3. The quantitative estimate of drug-likeness (QED) is 0.921. The van der Waals surface area contributed by atoms with E-state index >= 15 is 0 Å². The van der Waals surface area contributed by atoms with Gasteiger partial charge in [0.25, 0.3) is 0 Å². The molecule has 2 amide bonds. The zero-order chi connectivity index (χ0) is 16.9. The Balaban J connectivity index is 2.15. The first-order chi connectivity index (χ1) is 10.9. The molecule has 0 aliphatic carbocycles. The standard InChI is InChI=1S/C15H19F3N2O3/c1-22-13-5-3-2-4-12(13)19-14(21)20(10-15(16,17)18)11-6-8-23-9-7-11/h2-5,11H,6-10H2,1H3,(H,19,21). The van der Waals surface area contributed by atoms with Gasteiger partial charge in [0.1, 0.15) is 12.3 Å². The highest BCUT2D eigenvalue weighted by Gasteiger charge is 2.37. The van der Waals surface area contributed by atoms with Crippen LogP contribution in [0.2, 0.25) is 0 Å². The molecule has 0 atom stereocenters. The summed E-state index contributed by atoms with van der Waals surface area (Å²) >= 11 is 0. The van der Waals surface area contributed by atoms with Gasteiger partial charge in [0.2, 0.25) is 0 Å². The number of rotatable bonds is 4. The van der Waals surface area contributed by atoms with E-state index in [1.807, 2.05) is 0 Å². The van der Waals surface area contributed by atoms with Gasteiger partial charge in [-0.1, -0.05) is 12.1 Å².